The van der Waals surface area contributed by atoms with Crippen LogP contribution in [0, 0.1) is 0 Å². The number of aromatic nitrogens is 1. The van der Waals surface area contributed by atoms with Gasteiger partial charge in [0.2, 0.25) is 5.78 Å². The summed E-state index contributed by atoms with van der Waals surface area (Å²) in [6, 6.07) is 28.0. The topological polar surface area (TPSA) is 34.5 Å². The van der Waals surface area contributed by atoms with Gasteiger partial charge in [0, 0.05) is 43.2 Å². The lowest BCUT2D eigenvalue weighted by Gasteiger charge is -2.25. The molecule has 1 unspecified atom stereocenters. The van der Waals surface area contributed by atoms with Crippen LogP contribution < -0.4 is 4.74 Å². The quantitative estimate of drug-likeness (QED) is 0.200. The summed E-state index contributed by atoms with van der Waals surface area (Å²) in [6.07, 6.45) is -3.03. The third kappa shape index (κ3) is 6.25. The van der Waals surface area contributed by atoms with Crippen LogP contribution >= 0.6 is 0 Å². The van der Waals surface area contributed by atoms with Gasteiger partial charge in [0.1, 0.15) is 11.9 Å². The lowest BCUT2D eigenvalue weighted by molar-refractivity contribution is -0.137. The molecule has 1 aromatic heterocycles. The number of alkyl halides is 3. The largest absolute Gasteiger partial charge is 0.486 e. The summed E-state index contributed by atoms with van der Waals surface area (Å²) in [5.74, 6) is 0.768. The van der Waals surface area contributed by atoms with Gasteiger partial charge in [-0.25, -0.2) is 0 Å². The lowest BCUT2D eigenvalue weighted by Crippen LogP contribution is -2.27. The Morgan fingerprint density at radius 2 is 1.62 bits per heavy atom. The Hall–Kier alpha value is -3.84. The molecule has 2 heterocycles. The SMILES string of the molecule is CN(CC[C@H](Oc1ccc(C(F)(F)F)cc1)c1ccccc1)CC1CCn2c(C(=O)c3ccccc3)ccc21. The molecule has 3 aromatic carbocycles. The Balaban J connectivity index is 1.23. The second-order valence-electron chi connectivity index (χ2n) is 10.1. The van der Waals surface area contributed by atoms with Crippen molar-refractivity contribution in [3.63, 3.8) is 0 Å². The Labute approximate surface area is 226 Å². The number of hydrogen-bond acceptors (Lipinski definition) is 3. The zero-order chi connectivity index (χ0) is 27.4. The normalized spacial score (nSPS) is 15.8. The van der Waals surface area contributed by atoms with E-state index in [0.717, 1.165) is 49.4 Å². The molecule has 1 aliphatic rings. The van der Waals surface area contributed by atoms with Gasteiger partial charge in [0.05, 0.1) is 11.3 Å². The van der Waals surface area contributed by atoms with E-state index < -0.39 is 11.7 Å². The molecule has 0 bridgehead atoms. The average molecular weight is 533 g/mol. The second-order valence-corrected chi connectivity index (χ2v) is 10.1. The minimum atomic E-state index is -4.38. The number of benzene rings is 3. The van der Waals surface area contributed by atoms with E-state index in [2.05, 4.69) is 22.6 Å². The van der Waals surface area contributed by atoms with Crippen LogP contribution in [0.3, 0.4) is 0 Å². The highest BCUT2D eigenvalue weighted by molar-refractivity contribution is 6.08. The van der Waals surface area contributed by atoms with Crippen molar-refractivity contribution in [3.05, 3.63) is 125 Å². The Bertz CT molecular complexity index is 1380. The van der Waals surface area contributed by atoms with Crippen LogP contribution in [0.25, 0.3) is 0 Å². The fourth-order valence-corrected chi connectivity index (χ4v) is 5.30. The highest BCUT2D eigenvalue weighted by Gasteiger charge is 2.30. The number of likely N-dealkylation sites (N-methyl/N-ethyl adjacent to an activating group) is 1. The maximum absolute atomic E-state index is 13.0. The maximum atomic E-state index is 13.0. The van der Waals surface area contributed by atoms with Gasteiger partial charge in [-0.15, -0.1) is 0 Å². The van der Waals surface area contributed by atoms with Gasteiger partial charge in [-0.3, -0.25) is 4.79 Å². The number of ether oxygens (including phenoxy) is 1. The van der Waals surface area contributed by atoms with Gasteiger partial charge in [0.15, 0.2) is 0 Å². The molecule has 4 nitrogen and oxygen atoms in total. The summed E-state index contributed by atoms with van der Waals surface area (Å²) in [5, 5.41) is 0. The van der Waals surface area contributed by atoms with Crippen molar-refractivity contribution < 1.29 is 22.7 Å². The molecule has 0 aliphatic carbocycles. The molecule has 39 heavy (non-hydrogen) atoms. The molecule has 0 spiro atoms. The zero-order valence-electron chi connectivity index (χ0n) is 21.8. The van der Waals surface area contributed by atoms with E-state index in [4.69, 9.17) is 4.74 Å². The molecule has 2 atom stereocenters. The van der Waals surface area contributed by atoms with Crippen LogP contribution in [0.5, 0.6) is 5.75 Å². The molecule has 4 aromatic rings. The van der Waals surface area contributed by atoms with Crippen molar-refractivity contribution in [2.45, 2.75) is 37.6 Å². The number of halogens is 3. The minimum absolute atomic E-state index is 0.0435. The molecule has 0 amide bonds. The average Bonchev–Trinajstić information content (AvgIpc) is 3.54. The van der Waals surface area contributed by atoms with Crippen LogP contribution in [0.2, 0.25) is 0 Å². The van der Waals surface area contributed by atoms with Crippen molar-refractivity contribution >= 4 is 5.78 Å². The second kappa shape index (κ2) is 11.5. The summed E-state index contributed by atoms with van der Waals surface area (Å²) < 4.78 is 47.2. The first-order chi connectivity index (χ1) is 18.8. The molecule has 5 rings (SSSR count). The third-order valence-corrected chi connectivity index (χ3v) is 7.34. The van der Waals surface area contributed by atoms with E-state index >= 15 is 0 Å². The number of hydrogen-bond donors (Lipinski definition) is 0. The summed E-state index contributed by atoms with van der Waals surface area (Å²) >= 11 is 0. The molecular formula is C32H31F3N2O2. The fraction of sp³-hybridized carbons (Fsp3) is 0.281. The molecule has 1 aliphatic heterocycles. The molecule has 0 N–H and O–H groups in total. The van der Waals surface area contributed by atoms with E-state index in [9.17, 15) is 18.0 Å². The molecular weight excluding hydrogens is 501 g/mol. The van der Waals surface area contributed by atoms with Crippen molar-refractivity contribution in [3.8, 4) is 5.75 Å². The first-order valence-corrected chi connectivity index (χ1v) is 13.2. The number of fused-ring (bicyclic) bond motifs is 1. The van der Waals surface area contributed by atoms with Gasteiger partial charge >= 0.3 is 6.18 Å². The van der Waals surface area contributed by atoms with Crippen molar-refractivity contribution in [1.29, 1.82) is 0 Å². The zero-order valence-corrected chi connectivity index (χ0v) is 21.8. The van der Waals surface area contributed by atoms with Gasteiger partial charge in [-0.05, 0) is 55.4 Å². The maximum Gasteiger partial charge on any atom is 0.416 e. The highest BCUT2D eigenvalue weighted by atomic mass is 19.4. The molecule has 0 fully saturated rings. The Kier molecular flexibility index (Phi) is 7.89. The van der Waals surface area contributed by atoms with E-state index in [0.29, 0.717) is 23.7 Å². The van der Waals surface area contributed by atoms with Gasteiger partial charge < -0.3 is 14.2 Å². The summed E-state index contributed by atoms with van der Waals surface area (Å²) in [4.78, 5) is 15.3. The number of carbonyl (C=O) groups is 1. The summed E-state index contributed by atoms with van der Waals surface area (Å²) in [5.41, 5.74) is 2.89. The van der Waals surface area contributed by atoms with Gasteiger partial charge in [0.25, 0.3) is 0 Å². The predicted molar refractivity (Wildman–Crippen MR) is 145 cm³/mol. The molecule has 202 valence electrons. The monoisotopic (exact) mass is 532 g/mol. The lowest BCUT2D eigenvalue weighted by atomic mass is 10.0. The number of ketones is 1. The Morgan fingerprint density at radius 3 is 2.28 bits per heavy atom. The van der Waals surface area contributed by atoms with Crippen LogP contribution in [-0.2, 0) is 12.7 Å². The van der Waals surface area contributed by atoms with Crippen LogP contribution in [0.15, 0.2) is 97.1 Å². The van der Waals surface area contributed by atoms with E-state index in [1.54, 1.807) is 0 Å². The van der Waals surface area contributed by atoms with E-state index in [-0.39, 0.29) is 11.9 Å². The number of carbonyl (C=O) groups excluding carboxylic acids is 1. The summed E-state index contributed by atoms with van der Waals surface area (Å²) in [7, 11) is 2.07. The first-order valence-electron chi connectivity index (χ1n) is 13.2. The van der Waals surface area contributed by atoms with E-state index in [1.165, 1.54) is 17.8 Å². The summed E-state index contributed by atoms with van der Waals surface area (Å²) in [6.45, 7) is 2.40. The van der Waals surface area contributed by atoms with Gasteiger partial charge in [-0.1, -0.05) is 60.7 Å². The minimum Gasteiger partial charge on any atom is -0.486 e. The highest BCUT2D eigenvalue weighted by Crippen LogP contribution is 2.34. The third-order valence-electron chi connectivity index (χ3n) is 7.34. The first kappa shape index (κ1) is 26.8. The Morgan fingerprint density at radius 1 is 0.949 bits per heavy atom. The van der Waals surface area contributed by atoms with Crippen LogP contribution in [0.4, 0.5) is 13.2 Å². The van der Waals surface area contributed by atoms with Crippen LogP contribution in [0.1, 0.15) is 57.7 Å². The molecule has 7 heteroatoms. The van der Waals surface area contributed by atoms with Crippen LogP contribution in [-0.4, -0.2) is 35.4 Å². The molecule has 0 radical (unpaired) electrons. The fourth-order valence-electron chi connectivity index (χ4n) is 5.30. The number of rotatable bonds is 10. The van der Waals surface area contributed by atoms with Crippen molar-refractivity contribution in [2.24, 2.45) is 0 Å². The van der Waals surface area contributed by atoms with Gasteiger partial charge in [-0.2, -0.15) is 13.2 Å². The number of nitrogens with zero attached hydrogens (tertiary/aromatic N) is 2. The molecule has 0 saturated heterocycles. The predicted octanol–water partition coefficient (Wildman–Crippen LogP) is 7.37. The van der Waals surface area contributed by atoms with Crippen molar-refractivity contribution in [1.82, 2.24) is 9.47 Å². The van der Waals surface area contributed by atoms with Crippen molar-refractivity contribution in [2.75, 3.05) is 20.1 Å². The molecule has 0 saturated carbocycles. The van der Waals surface area contributed by atoms with E-state index in [1.807, 2.05) is 66.7 Å². The standard InChI is InChI=1S/C32H31F3N2O2/c1-36(22-25-18-21-37-28(25)16-17-29(37)31(38)24-10-6-3-7-11-24)20-19-30(23-8-4-2-5-9-23)39-27-14-12-26(13-15-27)32(33,34)35/h2-17,25,30H,18-22H2,1H3/t25?,30-/m0/s1. The smallest absolute Gasteiger partial charge is 0.416 e.